The summed E-state index contributed by atoms with van der Waals surface area (Å²) in [4.78, 5) is 27.7. The van der Waals surface area contributed by atoms with E-state index in [1.165, 1.54) is 10.4 Å². The van der Waals surface area contributed by atoms with Crippen molar-refractivity contribution in [3.05, 3.63) is 68.7 Å². The second-order valence-electron chi connectivity index (χ2n) is 12.6. The molecule has 0 aromatic heterocycles. The van der Waals surface area contributed by atoms with Crippen LogP contribution in [0.2, 0.25) is 5.02 Å². The van der Waals surface area contributed by atoms with Crippen molar-refractivity contribution in [3.63, 3.8) is 0 Å². The van der Waals surface area contributed by atoms with E-state index in [1.807, 2.05) is 13.8 Å². The van der Waals surface area contributed by atoms with Crippen LogP contribution >= 0.6 is 11.6 Å². The number of halogens is 5. The maximum atomic E-state index is 13.4. The van der Waals surface area contributed by atoms with Gasteiger partial charge < -0.3 is 15.3 Å². The quantitative estimate of drug-likeness (QED) is 0.378. The van der Waals surface area contributed by atoms with Gasteiger partial charge in [-0.2, -0.15) is 13.2 Å². The molecule has 2 aromatic carbocycles. The van der Waals surface area contributed by atoms with Gasteiger partial charge in [-0.25, -0.2) is 17.1 Å². The first-order valence-electron chi connectivity index (χ1n) is 15.1. The first kappa shape index (κ1) is 34.6. The van der Waals surface area contributed by atoms with Gasteiger partial charge in [0.05, 0.1) is 21.9 Å². The standard InChI is InChI=1S/C31H37ClF4N4O5S/c1-19-15-22(27(41)39-10-6-29(43,18-33)7-11-39)16-20(2)23(19)5-14-46(44,45)40-12-8-30(9-13-40)28(42)37-26(38-30)21-3-4-24(25(32)17-21)31(34,35)36/h3-4,15-17,26,38,43H,5-14,18H2,1-2H3,(H,37,42). The summed E-state index contributed by atoms with van der Waals surface area (Å²) < 4.78 is 80.5. The number of sulfonamides is 1. The Morgan fingerprint density at radius 3 is 2.20 bits per heavy atom. The third-order valence-electron chi connectivity index (χ3n) is 9.52. The third kappa shape index (κ3) is 6.91. The fourth-order valence-electron chi connectivity index (χ4n) is 6.59. The van der Waals surface area contributed by atoms with Crippen LogP contribution in [0.3, 0.4) is 0 Å². The Balaban J connectivity index is 1.18. The Labute approximate surface area is 270 Å². The van der Waals surface area contributed by atoms with E-state index in [0.717, 1.165) is 28.8 Å². The fourth-order valence-corrected chi connectivity index (χ4v) is 8.34. The van der Waals surface area contributed by atoms with E-state index in [-0.39, 0.29) is 75.9 Å². The number of amides is 2. The highest BCUT2D eigenvalue weighted by atomic mass is 35.5. The molecule has 2 aromatic rings. The zero-order valence-corrected chi connectivity index (χ0v) is 27.1. The molecule has 3 fully saturated rings. The van der Waals surface area contributed by atoms with Gasteiger partial charge in [0, 0.05) is 31.7 Å². The minimum atomic E-state index is -4.61. The largest absolute Gasteiger partial charge is 0.417 e. The van der Waals surface area contributed by atoms with Crippen LogP contribution in [0.4, 0.5) is 17.6 Å². The van der Waals surface area contributed by atoms with Gasteiger partial charge in [-0.05, 0) is 92.5 Å². The number of likely N-dealkylation sites (tertiary alicyclic amines) is 1. The van der Waals surface area contributed by atoms with Crippen molar-refractivity contribution in [2.45, 2.75) is 69.4 Å². The van der Waals surface area contributed by atoms with Crippen LogP contribution in [0.25, 0.3) is 0 Å². The van der Waals surface area contributed by atoms with E-state index >= 15 is 0 Å². The molecular formula is C31H37ClF4N4O5S. The van der Waals surface area contributed by atoms with Gasteiger partial charge in [0.2, 0.25) is 15.9 Å². The molecule has 0 aliphatic carbocycles. The smallest absolute Gasteiger partial charge is 0.387 e. The fraction of sp³-hybridized carbons (Fsp3) is 0.548. The summed E-state index contributed by atoms with van der Waals surface area (Å²) in [7, 11) is -3.71. The van der Waals surface area contributed by atoms with Gasteiger partial charge in [0.25, 0.3) is 5.91 Å². The van der Waals surface area contributed by atoms with Crippen LogP contribution in [0.1, 0.15) is 70.0 Å². The van der Waals surface area contributed by atoms with E-state index in [4.69, 9.17) is 11.6 Å². The maximum absolute atomic E-state index is 13.4. The van der Waals surface area contributed by atoms with Crippen LogP contribution in [-0.2, 0) is 27.4 Å². The van der Waals surface area contributed by atoms with E-state index in [2.05, 4.69) is 10.6 Å². The molecule has 3 saturated heterocycles. The lowest BCUT2D eigenvalue weighted by molar-refractivity contribution is -0.137. The lowest BCUT2D eigenvalue weighted by Crippen LogP contribution is -2.55. The average molecular weight is 689 g/mol. The summed E-state index contributed by atoms with van der Waals surface area (Å²) in [6, 6.07) is 6.73. The summed E-state index contributed by atoms with van der Waals surface area (Å²) >= 11 is 5.87. The maximum Gasteiger partial charge on any atom is 0.417 e. The normalized spacial score (nSPS) is 21.9. The summed E-state index contributed by atoms with van der Waals surface area (Å²) in [5, 5.41) is 15.6. The van der Waals surface area contributed by atoms with Gasteiger partial charge in [0.15, 0.2) is 0 Å². The van der Waals surface area contributed by atoms with Crippen LogP contribution in [0.15, 0.2) is 30.3 Å². The lowest BCUT2D eigenvalue weighted by atomic mass is 9.88. The molecule has 1 spiro atoms. The van der Waals surface area contributed by atoms with Crippen LogP contribution in [0.5, 0.6) is 0 Å². The predicted octanol–water partition coefficient (Wildman–Crippen LogP) is 4.04. The number of piperidine rings is 2. The monoisotopic (exact) mass is 688 g/mol. The number of benzene rings is 2. The third-order valence-corrected chi connectivity index (χ3v) is 11.7. The molecule has 2 amide bonds. The molecule has 0 saturated carbocycles. The van der Waals surface area contributed by atoms with Crippen LogP contribution in [0, 0.1) is 13.8 Å². The Morgan fingerprint density at radius 2 is 1.65 bits per heavy atom. The second kappa shape index (κ2) is 12.7. The highest BCUT2D eigenvalue weighted by Gasteiger charge is 2.49. The highest BCUT2D eigenvalue weighted by Crippen LogP contribution is 2.38. The molecule has 3 N–H and O–H groups in total. The van der Waals surface area contributed by atoms with Crippen molar-refractivity contribution in [3.8, 4) is 0 Å². The van der Waals surface area contributed by atoms with E-state index < -0.39 is 50.8 Å². The van der Waals surface area contributed by atoms with Crippen molar-refractivity contribution >= 4 is 33.4 Å². The van der Waals surface area contributed by atoms with Crippen LogP contribution < -0.4 is 10.6 Å². The number of carbonyl (C=O) groups is 2. The number of nitrogens with one attached hydrogen (secondary N) is 2. The molecule has 9 nitrogen and oxygen atoms in total. The Morgan fingerprint density at radius 1 is 1.04 bits per heavy atom. The van der Waals surface area contributed by atoms with Crippen molar-refractivity contribution in [1.82, 2.24) is 19.8 Å². The molecule has 1 atom stereocenters. The van der Waals surface area contributed by atoms with Gasteiger partial charge in [0.1, 0.15) is 18.4 Å². The first-order chi connectivity index (χ1) is 21.5. The second-order valence-corrected chi connectivity index (χ2v) is 15.1. The van der Waals surface area contributed by atoms with E-state index in [9.17, 15) is 40.7 Å². The summed E-state index contributed by atoms with van der Waals surface area (Å²) in [5.74, 6) is -0.745. The van der Waals surface area contributed by atoms with Gasteiger partial charge in [-0.3, -0.25) is 14.9 Å². The van der Waals surface area contributed by atoms with Gasteiger partial charge in [-0.1, -0.05) is 17.7 Å². The number of nitrogens with zero attached hydrogens (tertiary/aromatic N) is 2. The van der Waals surface area contributed by atoms with Gasteiger partial charge in [-0.15, -0.1) is 0 Å². The van der Waals surface area contributed by atoms with Crippen molar-refractivity contribution in [2.75, 3.05) is 38.6 Å². The number of rotatable bonds is 7. The Kier molecular flexibility index (Phi) is 9.52. The minimum Gasteiger partial charge on any atom is -0.387 e. The summed E-state index contributed by atoms with van der Waals surface area (Å²) in [6.07, 6.45) is -4.48. The SMILES string of the molecule is Cc1cc(C(=O)N2CCC(O)(CF)CC2)cc(C)c1CCS(=O)(=O)N1CCC2(CC1)NC(c1ccc(C(F)(F)F)c(Cl)c1)NC2=O. The van der Waals surface area contributed by atoms with E-state index in [0.29, 0.717) is 11.1 Å². The number of aliphatic hydroxyl groups is 1. The molecule has 5 rings (SSSR count). The molecule has 46 heavy (non-hydrogen) atoms. The zero-order chi connectivity index (χ0) is 33.7. The Bertz CT molecular complexity index is 1600. The van der Waals surface area contributed by atoms with Gasteiger partial charge >= 0.3 is 6.18 Å². The molecule has 3 aliphatic heterocycles. The lowest BCUT2D eigenvalue weighted by Gasteiger charge is -2.37. The average Bonchev–Trinajstić information content (AvgIpc) is 3.31. The number of aryl methyl sites for hydroxylation is 2. The molecule has 0 radical (unpaired) electrons. The number of hydrogen-bond acceptors (Lipinski definition) is 6. The van der Waals surface area contributed by atoms with E-state index in [1.54, 1.807) is 17.0 Å². The molecule has 3 aliphatic rings. The highest BCUT2D eigenvalue weighted by molar-refractivity contribution is 7.89. The molecule has 252 valence electrons. The zero-order valence-electron chi connectivity index (χ0n) is 25.5. The van der Waals surface area contributed by atoms with Crippen molar-refractivity contribution < 1.29 is 40.7 Å². The minimum absolute atomic E-state index is 0.0853. The van der Waals surface area contributed by atoms with Crippen molar-refractivity contribution in [1.29, 1.82) is 0 Å². The van der Waals surface area contributed by atoms with Crippen molar-refractivity contribution in [2.24, 2.45) is 0 Å². The number of alkyl halides is 4. The first-order valence-corrected chi connectivity index (χ1v) is 17.1. The molecule has 15 heteroatoms. The van der Waals surface area contributed by atoms with Crippen LogP contribution in [-0.4, -0.2) is 84.3 Å². The Hall–Kier alpha value is -2.78. The predicted molar refractivity (Wildman–Crippen MR) is 163 cm³/mol. The topological polar surface area (TPSA) is 119 Å². The number of carbonyl (C=O) groups excluding carboxylic acids is 2. The molecule has 1 unspecified atom stereocenters. The molecule has 0 bridgehead atoms. The summed E-state index contributed by atoms with van der Waals surface area (Å²) in [5.41, 5.74) is -0.263. The number of hydrogen-bond donors (Lipinski definition) is 3. The molecule has 3 heterocycles. The molecular weight excluding hydrogens is 652 g/mol. The summed E-state index contributed by atoms with van der Waals surface area (Å²) in [6.45, 7) is 3.45.